The predicted molar refractivity (Wildman–Crippen MR) is 103 cm³/mol. The first-order valence-corrected chi connectivity index (χ1v) is 9.62. The lowest BCUT2D eigenvalue weighted by Crippen LogP contribution is -2.54. The van der Waals surface area contributed by atoms with Crippen molar-refractivity contribution >= 4 is 22.4 Å². The molecule has 0 aromatic heterocycles. The highest BCUT2D eigenvalue weighted by Crippen LogP contribution is 2.56. The summed E-state index contributed by atoms with van der Waals surface area (Å²) in [6, 6.07) is 10.5. The smallest absolute Gasteiger partial charge is 0.326 e. The Hall–Kier alpha value is -2.55. The molecule has 2 aromatic rings. The van der Waals surface area contributed by atoms with Crippen LogP contribution in [0.15, 0.2) is 54.6 Å². The molecule has 2 heterocycles. The van der Waals surface area contributed by atoms with E-state index in [1.807, 2.05) is 0 Å². The molecule has 2 aromatic carbocycles. The molecular formula is C23H21NO2. The Balaban J connectivity index is 1.72. The summed E-state index contributed by atoms with van der Waals surface area (Å²) in [6.45, 7) is 0.857. The summed E-state index contributed by atoms with van der Waals surface area (Å²) in [5.41, 5.74) is 3.93. The van der Waals surface area contributed by atoms with Gasteiger partial charge in [-0.2, -0.15) is 0 Å². The number of hydrogen-bond acceptors (Lipinski definition) is 2. The maximum absolute atomic E-state index is 12.3. The van der Waals surface area contributed by atoms with Crippen molar-refractivity contribution in [2.75, 3.05) is 11.4 Å². The zero-order valence-corrected chi connectivity index (χ0v) is 14.5. The van der Waals surface area contributed by atoms with E-state index in [1.54, 1.807) is 0 Å². The van der Waals surface area contributed by atoms with E-state index in [4.69, 9.17) is 0 Å². The van der Waals surface area contributed by atoms with Gasteiger partial charge in [-0.1, -0.05) is 48.6 Å². The third-order valence-electron chi connectivity index (χ3n) is 7.00. The molecule has 0 saturated carbocycles. The van der Waals surface area contributed by atoms with Gasteiger partial charge in [-0.25, -0.2) is 4.79 Å². The van der Waals surface area contributed by atoms with Crippen molar-refractivity contribution in [1.82, 2.24) is 0 Å². The molecule has 0 unspecified atom stereocenters. The molecule has 1 N–H and O–H groups in total. The van der Waals surface area contributed by atoms with Crippen LogP contribution in [0.1, 0.15) is 35.8 Å². The van der Waals surface area contributed by atoms with Crippen LogP contribution < -0.4 is 4.90 Å². The van der Waals surface area contributed by atoms with E-state index in [0.29, 0.717) is 11.8 Å². The van der Waals surface area contributed by atoms with E-state index >= 15 is 0 Å². The zero-order valence-electron chi connectivity index (χ0n) is 14.5. The zero-order chi connectivity index (χ0) is 17.4. The Bertz CT molecular complexity index is 1000. The van der Waals surface area contributed by atoms with E-state index in [1.165, 1.54) is 27.6 Å². The van der Waals surface area contributed by atoms with Crippen molar-refractivity contribution in [3.8, 4) is 0 Å². The third-order valence-corrected chi connectivity index (χ3v) is 7.00. The molecule has 4 aliphatic rings. The number of allylic oxidation sites excluding steroid dienone is 4. The highest BCUT2D eigenvalue weighted by atomic mass is 16.4. The van der Waals surface area contributed by atoms with Gasteiger partial charge in [-0.05, 0) is 46.7 Å². The number of carboxylic acids is 1. The number of carbonyl (C=O) groups is 1. The molecule has 2 aliphatic carbocycles. The number of fused-ring (bicyclic) bond motifs is 6. The fourth-order valence-corrected chi connectivity index (χ4v) is 6.00. The largest absolute Gasteiger partial charge is 0.480 e. The monoisotopic (exact) mass is 343 g/mol. The number of hydrogen-bond donors (Lipinski definition) is 1. The second-order valence-electron chi connectivity index (χ2n) is 8.19. The molecule has 0 amide bonds. The van der Waals surface area contributed by atoms with Crippen LogP contribution in [0, 0.1) is 11.8 Å². The van der Waals surface area contributed by atoms with E-state index in [-0.39, 0.29) is 11.8 Å². The van der Waals surface area contributed by atoms with Gasteiger partial charge >= 0.3 is 5.97 Å². The average molecular weight is 343 g/mol. The Labute approximate surface area is 152 Å². The van der Waals surface area contributed by atoms with Crippen molar-refractivity contribution in [3.05, 3.63) is 65.8 Å². The minimum atomic E-state index is -0.669. The van der Waals surface area contributed by atoms with Crippen LogP contribution in [-0.4, -0.2) is 23.7 Å². The lowest BCUT2D eigenvalue weighted by molar-refractivity contribution is -0.140. The van der Waals surface area contributed by atoms with Gasteiger partial charge in [0.15, 0.2) is 0 Å². The predicted octanol–water partition coefficient (Wildman–Crippen LogP) is 4.45. The number of benzene rings is 2. The van der Waals surface area contributed by atoms with Crippen LogP contribution >= 0.6 is 0 Å². The SMILES string of the molecule is O=C(O)[C@@H]1[C@@H]2CC=C[C@@H]2c2c3c(cc4ccccc24)[C@@H]2C=CC[C@H]2CN31. The Morgan fingerprint density at radius 2 is 1.88 bits per heavy atom. The Morgan fingerprint density at radius 1 is 1.08 bits per heavy atom. The molecule has 6 rings (SSSR count). The molecule has 0 radical (unpaired) electrons. The molecule has 3 heteroatoms. The minimum Gasteiger partial charge on any atom is -0.480 e. The summed E-state index contributed by atoms with van der Waals surface area (Å²) in [5.74, 6) is 0.627. The molecule has 5 atom stereocenters. The highest BCUT2D eigenvalue weighted by molar-refractivity contribution is 5.96. The maximum Gasteiger partial charge on any atom is 0.326 e. The fraction of sp³-hybridized carbons (Fsp3) is 0.348. The van der Waals surface area contributed by atoms with Crippen molar-refractivity contribution in [3.63, 3.8) is 0 Å². The molecule has 0 spiro atoms. The molecular weight excluding hydrogens is 322 g/mol. The van der Waals surface area contributed by atoms with Crippen LogP contribution in [0.3, 0.4) is 0 Å². The maximum atomic E-state index is 12.3. The number of anilines is 1. The molecule has 0 bridgehead atoms. The quantitative estimate of drug-likeness (QED) is 0.778. The normalized spacial score (nSPS) is 33.2. The van der Waals surface area contributed by atoms with Crippen molar-refractivity contribution in [2.45, 2.75) is 30.7 Å². The van der Waals surface area contributed by atoms with Crippen molar-refractivity contribution in [2.24, 2.45) is 11.8 Å². The summed E-state index contributed by atoms with van der Waals surface area (Å²) >= 11 is 0. The molecule has 3 nitrogen and oxygen atoms in total. The van der Waals surface area contributed by atoms with E-state index in [9.17, 15) is 9.90 Å². The van der Waals surface area contributed by atoms with Crippen LogP contribution in [0.25, 0.3) is 10.8 Å². The van der Waals surface area contributed by atoms with Crippen molar-refractivity contribution in [1.29, 1.82) is 0 Å². The van der Waals surface area contributed by atoms with Crippen LogP contribution in [0.5, 0.6) is 0 Å². The second-order valence-corrected chi connectivity index (χ2v) is 8.19. The minimum absolute atomic E-state index is 0.143. The summed E-state index contributed by atoms with van der Waals surface area (Å²) in [5, 5.41) is 12.7. The third kappa shape index (κ3) is 1.71. The molecule has 130 valence electrons. The second kappa shape index (κ2) is 5.00. The topological polar surface area (TPSA) is 40.5 Å². The fourth-order valence-electron chi connectivity index (χ4n) is 6.00. The average Bonchev–Trinajstić information content (AvgIpc) is 3.30. The molecule has 2 aliphatic heterocycles. The number of carboxylic acid groups (broad SMARTS) is 1. The highest BCUT2D eigenvalue weighted by Gasteiger charge is 2.50. The molecule has 0 fully saturated rings. The van der Waals surface area contributed by atoms with Gasteiger partial charge in [-0.3, -0.25) is 0 Å². The number of aliphatic carboxylic acids is 1. The van der Waals surface area contributed by atoms with Gasteiger partial charge < -0.3 is 10.0 Å². The summed E-state index contributed by atoms with van der Waals surface area (Å²) in [4.78, 5) is 14.5. The van der Waals surface area contributed by atoms with Gasteiger partial charge in [0.05, 0.1) is 0 Å². The first kappa shape index (κ1) is 14.6. The summed E-state index contributed by atoms with van der Waals surface area (Å²) < 4.78 is 0. The van der Waals surface area contributed by atoms with Crippen LogP contribution in [-0.2, 0) is 4.79 Å². The van der Waals surface area contributed by atoms with Gasteiger partial charge in [-0.15, -0.1) is 0 Å². The van der Waals surface area contributed by atoms with E-state index < -0.39 is 12.0 Å². The Kier molecular flexibility index (Phi) is 2.81. The molecule has 26 heavy (non-hydrogen) atoms. The number of nitrogens with zero attached hydrogens (tertiary/aromatic N) is 1. The van der Waals surface area contributed by atoms with Gasteiger partial charge in [0.2, 0.25) is 0 Å². The first-order valence-electron chi connectivity index (χ1n) is 9.62. The number of rotatable bonds is 1. The van der Waals surface area contributed by atoms with Crippen LogP contribution in [0.2, 0.25) is 0 Å². The summed E-state index contributed by atoms with van der Waals surface area (Å²) in [6.07, 6.45) is 11.0. The van der Waals surface area contributed by atoms with E-state index in [0.717, 1.165) is 19.4 Å². The van der Waals surface area contributed by atoms with Gasteiger partial charge in [0.1, 0.15) is 6.04 Å². The molecule has 0 saturated heterocycles. The first-order chi connectivity index (χ1) is 12.7. The lowest BCUT2D eigenvalue weighted by atomic mass is 9.70. The van der Waals surface area contributed by atoms with E-state index in [2.05, 4.69) is 59.5 Å². The van der Waals surface area contributed by atoms with Gasteiger partial charge in [0, 0.05) is 30.0 Å². The Morgan fingerprint density at radius 3 is 2.77 bits per heavy atom. The van der Waals surface area contributed by atoms with Crippen LogP contribution in [0.4, 0.5) is 5.69 Å². The standard InChI is InChI=1S/C23H21NO2/c25-23(26)22-18-10-4-9-17(18)20-16-7-2-1-5-13(16)11-19-15-8-3-6-14(15)12-24(22)21(19)20/h1-5,7-9,11,14-15,17-18,22H,6,10,12H2,(H,25,26)/t14-,15+,17-,18+,22-/m0/s1. The summed E-state index contributed by atoms with van der Waals surface area (Å²) in [7, 11) is 0. The lowest BCUT2D eigenvalue weighted by Gasteiger charge is -2.49. The van der Waals surface area contributed by atoms with Gasteiger partial charge in [0.25, 0.3) is 0 Å². The van der Waals surface area contributed by atoms with Crippen molar-refractivity contribution < 1.29 is 9.90 Å².